The molecule has 0 spiro atoms. The van der Waals surface area contributed by atoms with E-state index in [-0.39, 0.29) is 0 Å². The summed E-state index contributed by atoms with van der Waals surface area (Å²) in [5.74, 6) is 1.74. The van der Waals surface area contributed by atoms with Crippen molar-refractivity contribution < 1.29 is 9.47 Å². The summed E-state index contributed by atoms with van der Waals surface area (Å²) in [5.41, 5.74) is 2.47. The standard InChI is InChI=1S/C18H30N2O2/c1-4-22-18-13-16(14-19-8-7-15(2)3)5-6-17(18)20-9-11-21-12-10-20/h5-6,13,15,19H,4,7-12,14H2,1-3H3. The molecule has 1 aliphatic heterocycles. The average molecular weight is 306 g/mol. The number of benzene rings is 1. The minimum absolute atomic E-state index is 0.696. The molecule has 1 saturated heterocycles. The van der Waals surface area contributed by atoms with Gasteiger partial charge in [0.2, 0.25) is 0 Å². The second-order valence-electron chi connectivity index (χ2n) is 6.19. The molecule has 0 saturated carbocycles. The predicted molar refractivity (Wildman–Crippen MR) is 91.8 cm³/mol. The number of anilines is 1. The van der Waals surface area contributed by atoms with Gasteiger partial charge in [0, 0.05) is 19.6 Å². The summed E-state index contributed by atoms with van der Waals surface area (Å²) in [4.78, 5) is 2.35. The Bertz CT molecular complexity index is 443. The van der Waals surface area contributed by atoms with Gasteiger partial charge >= 0.3 is 0 Å². The normalized spacial score (nSPS) is 15.4. The Kier molecular flexibility index (Phi) is 7.00. The molecular weight excluding hydrogens is 276 g/mol. The van der Waals surface area contributed by atoms with E-state index in [1.54, 1.807) is 0 Å². The summed E-state index contributed by atoms with van der Waals surface area (Å²) in [7, 11) is 0. The topological polar surface area (TPSA) is 33.7 Å². The minimum Gasteiger partial charge on any atom is -0.492 e. The van der Waals surface area contributed by atoms with Crippen molar-refractivity contribution in [2.45, 2.75) is 33.7 Å². The summed E-state index contributed by atoms with van der Waals surface area (Å²) >= 11 is 0. The number of morpholine rings is 1. The van der Waals surface area contributed by atoms with Gasteiger partial charge in [-0.1, -0.05) is 19.9 Å². The van der Waals surface area contributed by atoms with Crippen LogP contribution in [0.5, 0.6) is 5.75 Å². The Balaban J connectivity index is 1.99. The lowest BCUT2D eigenvalue weighted by Crippen LogP contribution is -2.36. The first-order chi connectivity index (χ1) is 10.7. The van der Waals surface area contributed by atoms with Crippen LogP contribution in [0.4, 0.5) is 5.69 Å². The van der Waals surface area contributed by atoms with Gasteiger partial charge in [0.1, 0.15) is 5.75 Å². The second kappa shape index (κ2) is 9.01. The molecule has 0 aliphatic carbocycles. The highest BCUT2D eigenvalue weighted by Gasteiger charge is 2.16. The van der Waals surface area contributed by atoms with Crippen molar-refractivity contribution in [2.75, 3.05) is 44.4 Å². The third-order valence-corrected chi connectivity index (χ3v) is 3.90. The zero-order chi connectivity index (χ0) is 15.8. The van der Waals surface area contributed by atoms with E-state index in [0.717, 1.165) is 51.1 Å². The van der Waals surface area contributed by atoms with E-state index in [1.807, 2.05) is 6.92 Å². The van der Waals surface area contributed by atoms with Crippen molar-refractivity contribution in [3.8, 4) is 5.75 Å². The number of hydrogen-bond acceptors (Lipinski definition) is 4. The van der Waals surface area contributed by atoms with Gasteiger partial charge in [-0.25, -0.2) is 0 Å². The summed E-state index contributed by atoms with van der Waals surface area (Å²) in [6, 6.07) is 6.57. The van der Waals surface area contributed by atoms with Gasteiger partial charge in [0.15, 0.2) is 0 Å². The molecular formula is C18H30N2O2. The molecule has 22 heavy (non-hydrogen) atoms. The third kappa shape index (κ3) is 5.18. The van der Waals surface area contributed by atoms with E-state index in [4.69, 9.17) is 9.47 Å². The minimum atomic E-state index is 0.696. The number of nitrogens with zero attached hydrogens (tertiary/aromatic N) is 1. The van der Waals surface area contributed by atoms with Crippen molar-refractivity contribution in [3.63, 3.8) is 0 Å². The smallest absolute Gasteiger partial charge is 0.142 e. The van der Waals surface area contributed by atoms with Crippen LogP contribution in [0.3, 0.4) is 0 Å². The van der Waals surface area contributed by atoms with Crippen LogP contribution in [-0.2, 0) is 11.3 Å². The fourth-order valence-electron chi connectivity index (χ4n) is 2.63. The zero-order valence-corrected chi connectivity index (χ0v) is 14.2. The van der Waals surface area contributed by atoms with Crippen molar-refractivity contribution in [3.05, 3.63) is 23.8 Å². The Hall–Kier alpha value is -1.26. The maximum atomic E-state index is 5.87. The van der Waals surface area contributed by atoms with Gasteiger partial charge in [-0.15, -0.1) is 0 Å². The summed E-state index contributed by atoms with van der Waals surface area (Å²) in [5, 5.41) is 3.51. The van der Waals surface area contributed by atoms with Crippen LogP contribution in [0.25, 0.3) is 0 Å². The monoisotopic (exact) mass is 306 g/mol. The van der Waals surface area contributed by atoms with Crippen LogP contribution < -0.4 is 15.0 Å². The number of ether oxygens (including phenoxy) is 2. The summed E-state index contributed by atoms with van der Waals surface area (Å²) in [6.45, 7) is 12.7. The Morgan fingerprint density at radius 1 is 1.27 bits per heavy atom. The lowest BCUT2D eigenvalue weighted by molar-refractivity contribution is 0.122. The van der Waals surface area contributed by atoms with Crippen molar-refractivity contribution in [2.24, 2.45) is 5.92 Å². The van der Waals surface area contributed by atoms with Gasteiger partial charge in [-0.05, 0) is 43.5 Å². The van der Waals surface area contributed by atoms with Gasteiger partial charge in [0.25, 0.3) is 0 Å². The zero-order valence-electron chi connectivity index (χ0n) is 14.2. The van der Waals surface area contributed by atoms with Gasteiger partial charge in [-0.2, -0.15) is 0 Å². The first-order valence-corrected chi connectivity index (χ1v) is 8.49. The van der Waals surface area contributed by atoms with Gasteiger partial charge in [0.05, 0.1) is 25.5 Å². The lowest BCUT2D eigenvalue weighted by Gasteiger charge is -2.30. The van der Waals surface area contributed by atoms with Crippen molar-refractivity contribution >= 4 is 5.69 Å². The number of hydrogen-bond donors (Lipinski definition) is 1. The second-order valence-corrected chi connectivity index (χ2v) is 6.19. The molecule has 0 bridgehead atoms. The van der Waals surface area contributed by atoms with Crippen LogP contribution in [0, 0.1) is 5.92 Å². The quantitative estimate of drug-likeness (QED) is 0.749. The SMILES string of the molecule is CCOc1cc(CNCCC(C)C)ccc1N1CCOCC1. The van der Waals surface area contributed by atoms with Crippen LogP contribution in [0.1, 0.15) is 32.8 Å². The number of nitrogens with one attached hydrogen (secondary N) is 1. The molecule has 1 heterocycles. The molecule has 0 aromatic heterocycles. The summed E-state index contributed by atoms with van der Waals surface area (Å²) < 4.78 is 11.3. The molecule has 124 valence electrons. The molecule has 1 N–H and O–H groups in total. The third-order valence-electron chi connectivity index (χ3n) is 3.90. The van der Waals surface area contributed by atoms with Crippen LogP contribution >= 0.6 is 0 Å². The highest BCUT2D eigenvalue weighted by atomic mass is 16.5. The molecule has 4 heteroatoms. The fraction of sp³-hybridized carbons (Fsp3) is 0.667. The molecule has 2 rings (SSSR count). The average Bonchev–Trinajstić information content (AvgIpc) is 2.53. The fourth-order valence-corrected chi connectivity index (χ4v) is 2.63. The van der Waals surface area contributed by atoms with E-state index < -0.39 is 0 Å². The highest BCUT2D eigenvalue weighted by Crippen LogP contribution is 2.30. The van der Waals surface area contributed by atoms with E-state index in [2.05, 4.69) is 42.3 Å². The molecule has 4 nitrogen and oxygen atoms in total. The Morgan fingerprint density at radius 2 is 2.05 bits per heavy atom. The molecule has 1 fully saturated rings. The first kappa shape index (κ1) is 17.1. The maximum absolute atomic E-state index is 5.87. The van der Waals surface area contributed by atoms with Crippen molar-refractivity contribution in [1.82, 2.24) is 5.32 Å². The van der Waals surface area contributed by atoms with E-state index in [1.165, 1.54) is 17.7 Å². The molecule has 1 aliphatic rings. The van der Waals surface area contributed by atoms with E-state index in [0.29, 0.717) is 6.61 Å². The lowest BCUT2D eigenvalue weighted by atomic mass is 10.1. The highest BCUT2D eigenvalue weighted by molar-refractivity contribution is 5.60. The Labute approximate surface area is 134 Å². The van der Waals surface area contributed by atoms with E-state index in [9.17, 15) is 0 Å². The van der Waals surface area contributed by atoms with E-state index >= 15 is 0 Å². The summed E-state index contributed by atoms with van der Waals surface area (Å²) in [6.07, 6.45) is 1.21. The van der Waals surface area contributed by atoms with Crippen LogP contribution in [-0.4, -0.2) is 39.5 Å². The molecule has 0 unspecified atom stereocenters. The largest absolute Gasteiger partial charge is 0.492 e. The van der Waals surface area contributed by atoms with Crippen LogP contribution in [0.15, 0.2) is 18.2 Å². The molecule has 1 aromatic rings. The molecule has 0 amide bonds. The first-order valence-electron chi connectivity index (χ1n) is 8.49. The predicted octanol–water partition coefficient (Wildman–Crippen LogP) is 3.06. The molecule has 1 aromatic carbocycles. The molecule has 0 radical (unpaired) electrons. The van der Waals surface area contributed by atoms with Crippen molar-refractivity contribution in [1.29, 1.82) is 0 Å². The Morgan fingerprint density at radius 3 is 2.73 bits per heavy atom. The van der Waals surface area contributed by atoms with Crippen LogP contribution in [0.2, 0.25) is 0 Å². The molecule has 0 atom stereocenters. The van der Waals surface area contributed by atoms with Gasteiger partial charge < -0.3 is 19.7 Å². The van der Waals surface area contributed by atoms with Gasteiger partial charge in [-0.3, -0.25) is 0 Å². The number of rotatable bonds is 8. The maximum Gasteiger partial charge on any atom is 0.142 e.